The maximum absolute atomic E-state index is 13.2. The first kappa shape index (κ1) is 16.5. The Kier molecular flexibility index (Phi) is 4.26. The number of thiazole rings is 1. The molecule has 0 unspecified atom stereocenters. The Bertz CT molecular complexity index is 1080. The van der Waals surface area contributed by atoms with Crippen LogP contribution in [0.1, 0.15) is 17.4 Å². The number of fused-ring (bicyclic) bond motifs is 1. The van der Waals surface area contributed by atoms with Crippen LogP contribution in [0.2, 0.25) is 0 Å². The van der Waals surface area contributed by atoms with E-state index in [4.69, 9.17) is 4.74 Å². The number of hydrogen-bond donors (Lipinski definition) is 0. The Labute approximate surface area is 153 Å². The average molecular weight is 366 g/mol. The molecule has 2 heterocycles. The van der Waals surface area contributed by atoms with Crippen molar-refractivity contribution < 1.29 is 13.9 Å². The van der Waals surface area contributed by atoms with E-state index in [0.717, 1.165) is 23.3 Å². The molecule has 0 saturated heterocycles. The van der Waals surface area contributed by atoms with Gasteiger partial charge >= 0.3 is 0 Å². The van der Waals surface area contributed by atoms with E-state index < -0.39 is 0 Å². The molecule has 0 amide bonds. The van der Waals surface area contributed by atoms with Crippen LogP contribution < -0.4 is 4.74 Å². The minimum Gasteiger partial charge on any atom is -0.493 e. The summed E-state index contributed by atoms with van der Waals surface area (Å²) in [5.74, 6) is 0.428. The molecule has 4 nitrogen and oxygen atoms in total. The number of benzene rings is 2. The van der Waals surface area contributed by atoms with Crippen LogP contribution in [0, 0.1) is 5.82 Å². The van der Waals surface area contributed by atoms with Gasteiger partial charge in [0.15, 0.2) is 11.2 Å². The minimum atomic E-state index is -0.325. The van der Waals surface area contributed by atoms with Crippen molar-refractivity contribution in [2.75, 3.05) is 6.61 Å². The zero-order chi connectivity index (χ0) is 18.1. The maximum Gasteiger partial charge on any atom is 0.195 e. The molecule has 0 bridgehead atoms. The molecule has 0 spiro atoms. The molecule has 2 aromatic carbocycles. The Balaban J connectivity index is 1.94. The van der Waals surface area contributed by atoms with Gasteiger partial charge in [0.1, 0.15) is 23.0 Å². The molecule has 0 aliphatic rings. The van der Waals surface area contributed by atoms with Crippen LogP contribution in [-0.4, -0.2) is 22.3 Å². The van der Waals surface area contributed by atoms with Crippen molar-refractivity contribution in [3.63, 3.8) is 0 Å². The summed E-state index contributed by atoms with van der Waals surface area (Å²) < 4.78 is 20.8. The number of halogens is 1. The Morgan fingerprint density at radius 3 is 2.69 bits per heavy atom. The lowest BCUT2D eigenvalue weighted by Crippen LogP contribution is -1.97. The summed E-state index contributed by atoms with van der Waals surface area (Å²) in [5, 5.41) is 1.96. The number of imidazole rings is 1. The third-order valence-electron chi connectivity index (χ3n) is 4.09. The van der Waals surface area contributed by atoms with Gasteiger partial charge in [-0.3, -0.25) is 9.20 Å². The number of hydrogen-bond acceptors (Lipinski definition) is 4. The molecule has 0 atom stereocenters. The number of carbonyl (C=O) groups excluding carboxylic acids is 1. The van der Waals surface area contributed by atoms with Gasteiger partial charge in [-0.1, -0.05) is 12.1 Å². The average Bonchev–Trinajstić information content (AvgIpc) is 3.22. The number of aromatic nitrogens is 2. The first-order valence-corrected chi connectivity index (χ1v) is 9.04. The van der Waals surface area contributed by atoms with Crippen LogP contribution in [0.15, 0.2) is 53.9 Å². The summed E-state index contributed by atoms with van der Waals surface area (Å²) in [6.45, 7) is 2.48. The second-order valence-electron chi connectivity index (χ2n) is 5.64. The van der Waals surface area contributed by atoms with E-state index in [0.29, 0.717) is 28.5 Å². The molecule has 0 radical (unpaired) electrons. The lowest BCUT2D eigenvalue weighted by Gasteiger charge is -2.09. The molecule has 130 valence electrons. The van der Waals surface area contributed by atoms with Crippen molar-refractivity contribution in [2.45, 2.75) is 6.92 Å². The molecular weight excluding hydrogens is 351 g/mol. The summed E-state index contributed by atoms with van der Waals surface area (Å²) in [4.78, 5) is 17.2. The Morgan fingerprint density at radius 1 is 1.19 bits per heavy atom. The molecule has 4 aromatic rings. The molecule has 4 rings (SSSR count). The van der Waals surface area contributed by atoms with Gasteiger partial charge in [0.25, 0.3) is 0 Å². The monoisotopic (exact) mass is 366 g/mol. The Morgan fingerprint density at radius 2 is 1.96 bits per heavy atom. The van der Waals surface area contributed by atoms with Crippen molar-refractivity contribution in [2.24, 2.45) is 0 Å². The van der Waals surface area contributed by atoms with Crippen LogP contribution in [0.3, 0.4) is 0 Å². The highest BCUT2D eigenvalue weighted by atomic mass is 32.1. The van der Waals surface area contributed by atoms with E-state index in [-0.39, 0.29) is 5.82 Å². The van der Waals surface area contributed by atoms with Crippen molar-refractivity contribution in [3.8, 4) is 28.3 Å². The van der Waals surface area contributed by atoms with Crippen molar-refractivity contribution in [1.82, 2.24) is 9.38 Å². The zero-order valence-electron chi connectivity index (χ0n) is 14.0. The normalized spacial score (nSPS) is 11.0. The van der Waals surface area contributed by atoms with Gasteiger partial charge in [0.2, 0.25) is 0 Å². The highest BCUT2D eigenvalue weighted by Crippen LogP contribution is 2.36. The van der Waals surface area contributed by atoms with Crippen LogP contribution in [0.5, 0.6) is 5.75 Å². The number of rotatable bonds is 5. The van der Waals surface area contributed by atoms with Crippen LogP contribution in [0.25, 0.3) is 27.5 Å². The van der Waals surface area contributed by atoms with Crippen molar-refractivity contribution in [3.05, 3.63) is 65.4 Å². The fourth-order valence-electron chi connectivity index (χ4n) is 2.96. The smallest absolute Gasteiger partial charge is 0.195 e. The van der Waals surface area contributed by atoms with Gasteiger partial charge < -0.3 is 4.74 Å². The highest BCUT2D eigenvalue weighted by molar-refractivity contribution is 7.15. The molecule has 26 heavy (non-hydrogen) atoms. The first-order chi connectivity index (χ1) is 12.7. The fraction of sp³-hybridized carbons (Fsp3) is 0.100. The first-order valence-electron chi connectivity index (χ1n) is 8.16. The molecule has 2 aromatic heterocycles. The zero-order valence-corrected chi connectivity index (χ0v) is 14.8. The van der Waals surface area contributed by atoms with E-state index in [2.05, 4.69) is 4.98 Å². The molecule has 6 heteroatoms. The van der Waals surface area contributed by atoms with E-state index >= 15 is 0 Å². The van der Waals surface area contributed by atoms with Crippen LogP contribution in [0.4, 0.5) is 4.39 Å². The van der Waals surface area contributed by atoms with E-state index in [9.17, 15) is 9.18 Å². The minimum absolute atomic E-state index is 0.325. The SMILES string of the molecule is CCOc1ccccc1-c1csc2nc(-c3ccc(F)cc3)c(C=O)n12. The predicted octanol–water partition coefficient (Wildman–Crippen LogP) is 5.08. The summed E-state index contributed by atoms with van der Waals surface area (Å²) in [6, 6.07) is 13.7. The second kappa shape index (κ2) is 6.72. The molecule has 0 aliphatic heterocycles. The van der Waals surface area contributed by atoms with Crippen molar-refractivity contribution in [1.29, 1.82) is 0 Å². The summed E-state index contributed by atoms with van der Waals surface area (Å²) in [5.41, 5.74) is 3.42. The van der Waals surface area contributed by atoms with Gasteiger partial charge in [-0.25, -0.2) is 9.37 Å². The van der Waals surface area contributed by atoms with Crippen molar-refractivity contribution >= 4 is 22.6 Å². The van der Waals surface area contributed by atoms with Gasteiger partial charge in [-0.2, -0.15) is 0 Å². The molecule has 0 N–H and O–H groups in total. The number of aldehydes is 1. The van der Waals surface area contributed by atoms with Gasteiger partial charge in [0, 0.05) is 16.5 Å². The van der Waals surface area contributed by atoms with Gasteiger partial charge in [0.05, 0.1) is 12.3 Å². The molecular formula is C20H15FN2O2S. The van der Waals surface area contributed by atoms with Crippen LogP contribution in [-0.2, 0) is 0 Å². The number of carbonyl (C=O) groups is 1. The van der Waals surface area contributed by atoms with Crippen LogP contribution >= 0.6 is 11.3 Å². The topological polar surface area (TPSA) is 43.6 Å². The standard InChI is InChI=1S/C20H15FN2O2S/c1-2-25-18-6-4-3-5-15(18)17-12-26-20-22-19(16(11-24)23(17)20)13-7-9-14(21)10-8-13/h3-12H,2H2,1H3. The lowest BCUT2D eigenvalue weighted by atomic mass is 10.1. The summed E-state index contributed by atoms with van der Waals surface area (Å²) in [6.07, 6.45) is 0.790. The lowest BCUT2D eigenvalue weighted by molar-refractivity contribution is 0.111. The van der Waals surface area contributed by atoms with E-state index in [1.807, 2.05) is 41.0 Å². The summed E-state index contributed by atoms with van der Waals surface area (Å²) in [7, 11) is 0. The molecule has 0 fully saturated rings. The van der Waals surface area contributed by atoms with E-state index in [1.54, 1.807) is 12.1 Å². The second-order valence-corrected chi connectivity index (χ2v) is 6.48. The Hall–Kier alpha value is -2.99. The van der Waals surface area contributed by atoms with Gasteiger partial charge in [-0.15, -0.1) is 11.3 Å². The van der Waals surface area contributed by atoms with Gasteiger partial charge in [-0.05, 0) is 43.3 Å². The summed E-state index contributed by atoms with van der Waals surface area (Å²) >= 11 is 1.45. The molecule has 0 aliphatic carbocycles. The third-order valence-corrected chi connectivity index (χ3v) is 4.92. The predicted molar refractivity (Wildman–Crippen MR) is 100 cm³/mol. The third kappa shape index (κ3) is 2.68. The number of ether oxygens (including phenoxy) is 1. The van der Waals surface area contributed by atoms with E-state index in [1.165, 1.54) is 23.5 Å². The number of para-hydroxylation sites is 1. The molecule has 0 saturated carbocycles. The quantitative estimate of drug-likeness (QED) is 0.463. The fourth-order valence-corrected chi connectivity index (χ4v) is 3.85. The maximum atomic E-state index is 13.2. The largest absolute Gasteiger partial charge is 0.493 e. The highest BCUT2D eigenvalue weighted by Gasteiger charge is 2.20. The number of nitrogens with zero attached hydrogens (tertiary/aromatic N) is 2.